The van der Waals surface area contributed by atoms with Gasteiger partial charge >= 0.3 is 0 Å². The Balaban J connectivity index is 2.29. The van der Waals surface area contributed by atoms with Crippen molar-refractivity contribution in [2.75, 3.05) is 7.05 Å². The number of hydrogen-bond donors (Lipinski definition) is 0. The van der Waals surface area contributed by atoms with Crippen LogP contribution in [0.3, 0.4) is 0 Å². The highest BCUT2D eigenvalue weighted by molar-refractivity contribution is 7.89. The third-order valence-electron chi connectivity index (χ3n) is 2.82. The first-order valence-corrected chi connectivity index (χ1v) is 8.61. The second kappa shape index (κ2) is 6.12. The number of aromatic nitrogens is 1. The number of halogens is 1. The van der Waals surface area contributed by atoms with E-state index in [9.17, 15) is 8.42 Å². The summed E-state index contributed by atoms with van der Waals surface area (Å²) in [7, 11) is -2.19. The van der Waals surface area contributed by atoms with Gasteiger partial charge in [-0.1, -0.05) is 11.6 Å². The van der Waals surface area contributed by atoms with Crippen molar-refractivity contribution in [2.45, 2.75) is 18.4 Å². The highest BCUT2D eigenvalue weighted by atomic mass is 35.5. The van der Waals surface area contributed by atoms with Gasteiger partial charge in [-0.25, -0.2) is 13.4 Å². The summed E-state index contributed by atoms with van der Waals surface area (Å²) in [5.74, 6) is 0. The summed E-state index contributed by atoms with van der Waals surface area (Å²) in [6.45, 7) is 2.05. The molecule has 0 atom stereocenters. The van der Waals surface area contributed by atoms with Crippen molar-refractivity contribution in [3.63, 3.8) is 0 Å². The van der Waals surface area contributed by atoms with Crippen LogP contribution in [-0.4, -0.2) is 24.8 Å². The van der Waals surface area contributed by atoms with E-state index in [1.807, 2.05) is 18.4 Å². The fourth-order valence-corrected chi connectivity index (χ4v) is 3.78. The molecule has 0 saturated heterocycles. The van der Waals surface area contributed by atoms with E-state index in [-0.39, 0.29) is 22.0 Å². The van der Waals surface area contributed by atoms with Crippen LogP contribution in [0.15, 0.2) is 28.5 Å². The molecule has 0 unspecified atom stereocenters. The van der Waals surface area contributed by atoms with Crippen LogP contribution in [-0.2, 0) is 16.6 Å². The van der Waals surface area contributed by atoms with Crippen molar-refractivity contribution in [1.82, 2.24) is 9.29 Å². The fraction of sp³-hybridized carbons (Fsp3) is 0.231. The highest BCUT2D eigenvalue weighted by Gasteiger charge is 2.22. The number of aryl methyl sites for hydroxylation is 1. The van der Waals surface area contributed by atoms with Crippen molar-refractivity contribution >= 4 is 33.0 Å². The summed E-state index contributed by atoms with van der Waals surface area (Å²) in [4.78, 5) is 4.30. The van der Waals surface area contributed by atoms with Crippen LogP contribution in [0.1, 0.15) is 16.3 Å². The molecule has 0 amide bonds. The number of benzene rings is 1. The lowest BCUT2D eigenvalue weighted by Gasteiger charge is -2.16. The summed E-state index contributed by atoms with van der Waals surface area (Å²) >= 11 is 7.36. The van der Waals surface area contributed by atoms with E-state index in [2.05, 4.69) is 4.98 Å². The average Bonchev–Trinajstić information content (AvgIpc) is 2.83. The summed E-state index contributed by atoms with van der Waals surface area (Å²) in [6.07, 6.45) is 0. The van der Waals surface area contributed by atoms with Gasteiger partial charge in [0.1, 0.15) is 6.07 Å². The SMILES string of the molecule is Cc1nc(CN(C)S(=O)(=O)c2ccc(C#N)c(Cl)c2)cs1. The third-order valence-corrected chi connectivity index (χ3v) is 5.75. The predicted octanol–water partition coefficient (Wildman–Crippen LogP) is 2.80. The molecule has 1 heterocycles. The molecule has 0 aliphatic carbocycles. The average molecular weight is 342 g/mol. The minimum Gasteiger partial charge on any atom is -0.245 e. The molecular formula is C13H12ClN3O2S2. The Hall–Kier alpha value is -1.46. The molecule has 0 saturated carbocycles. The number of thiazole rings is 1. The van der Waals surface area contributed by atoms with Gasteiger partial charge in [-0.05, 0) is 25.1 Å². The first-order chi connectivity index (χ1) is 9.84. The maximum Gasteiger partial charge on any atom is 0.243 e. The molecule has 0 aliphatic heterocycles. The second-order valence-corrected chi connectivity index (χ2v) is 7.89. The molecule has 21 heavy (non-hydrogen) atoms. The Bertz CT molecular complexity index is 809. The van der Waals surface area contributed by atoms with Gasteiger partial charge < -0.3 is 0 Å². The first-order valence-electron chi connectivity index (χ1n) is 5.91. The zero-order valence-electron chi connectivity index (χ0n) is 11.4. The van der Waals surface area contributed by atoms with E-state index in [1.54, 1.807) is 0 Å². The van der Waals surface area contributed by atoms with E-state index in [0.29, 0.717) is 5.69 Å². The highest BCUT2D eigenvalue weighted by Crippen LogP contribution is 2.23. The van der Waals surface area contributed by atoms with Crippen LogP contribution in [0.4, 0.5) is 0 Å². The molecule has 0 spiro atoms. The van der Waals surface area contributed by atoms with E-state index >= 15 is 0 Å². The van der Waals surface area contributed by atoms with Crippen LogP contribution >= 0.6 is 22.9 Å². The number of rotatable bonds is 4. The van der Waals surface area contributed by atoms with Crippen molar-refractivity contribution in [2.24, 2.45) is 0 Å². The molecular weight excluding hydrogens is 330 g/mol. The Morgan fingerprint density at radius 3 is 2.71 bits per heavy atom. The zero-order chi connectivity index (χ0) is 15.6. The van der Waals surface area contributed by atoms with Gasteiger partial charge in [-0.3, -0.25) is 0 Å². The standard InChI is InChI=1S/C13H12ClN3O2S2/c1-9-16-11(8-20-9)7-17(2)21(18,19)12-4-3-10(6-15)13(14)5-12/h3-5,8H,7H2,1-2H3. The fourth-order valence-electron chi connectivity index (χ4n) is 1.72. The van der Waals surface area contributed by atoms with Crippen molar-refractivity contribution < 1.29 is 8.42 Å². The number of nitrogens with zero attached hydrogens (tertiary/aromatic N) is 3. The number of sulfonamides is 1. The van der Waals surface area contributed by atoms with Crippen LogP contribution in [0.2, 0.25) is 5.02 Å². The monoisotopic (exact) mass is 341 g/mol. The summed E-state index contributed by atoms with van der Waals surface area (Å²) < 4.78 is 26.1. The Morgan fingerprint density at radius 1 is 1.48 bits per heavy atom. The quantitative estimate of drug-likeness (QED) is 0.857. The van der Waals surface area contributed by atoms with Gasteiger partial charge in [0.2, 0.25) is 10.0 Å². The molecule has 5 nitrogen and oxygen atoms in total. The minimum atomic E-state index is -3.67. The molecule has 110 valence electrons. The molecule has 0 bridgehead atoms. The Kier molecular flexibility index (Phi) is 4.64. The predicted molar refractivity (Wildman–Crippen MR) is 81.7 cm³/mol. The lowest BCUT2D eigenvalue weighted by molar-refractivity contribution is 0.463. The minimum absolute atomic E-state index is 0.0564. The van der Waals surface area contributed by atoms with Crippen LogP contribution in [0.25, 0.3) is 0 Å². The second-order valence-electron chi connectivity index (χ2n) is 4.37. The van der Waals surface area contributed by atoms with Gasteiger partial charge in [0.25, 0.3) is 0 Å². The molecule has 2 aromatic rings. The van der Waals surface area contributed by atoms with E-state index in [4.69, 9.17) is 16.9 Å². The Morgan fingerprint density at radius 2 is 2.19 bits per heavy atom. The van der Waals surface area contributed by atoms with Gasteiger partial charge in [0.05, 0.1) is 32.7 Å². The lowest BCUT2D eigenvalue weighted by atomic mass is 10.2. The largest absolute Gasteiger partial charge is 0.245 e. The smallest absolute Gasteiger partial charge is 0.243 e. The van der Waals surface area contributed by atoms with E-state index in [0.717, 1.165) is 5.01 Å². The molecule has 0 aliphatic rings. The molecule has 1 aromatic heterocycles. The van der Waals surface area contributed by atoms with E-state index < -0.39 is 10.0 Å². The van der Waals surface area contributed by atoms with Crippen molar-refractivity contribution in [3.8, 4) is 6.07 Å². The normalized spacial score (nSPS) is 11.6. The topological polar surface area (TPSA) is 74.1 Å². The van der Waals surface area contributed by atoms with Crippen LogP contribution < -0.4 is 0 Å². The van der Waals surface area contributed by atoms with Gasteiger partial charge in [0, 0.05) is 12.4 Å². The zero-order valence-corrected chi connectivity index (χ0v) is 13.8. The molecule has 8 heteroatoms. The summed E-state index contributed by atoms with van der Waals surface area (Å²) in [5.41, 5.74) is 0.941. The van der Waals surface area contributed by atoms with Crippen LogP contribution in [0.5, 0.6) is 0 Å². The molecule has 0 N–H and O–H groups in total. The lowest BCUT2D eigenvalue weighted by Crippen LogP contribution is -2.26. The molecule has 0 radical (unpaired) electrons. The summed E-state index contributed by atoms with van der Waals surface area (Å²) in [5, 5.41) is 11.7. The van der Waals surface area contributed by atoms with E-state index in [1.165, 1.54) is 40.9 Å². The van der Waals surface area contributed by atoms with Crippen LogP contribution in [0, 0.1) is 18.3 Å². The number of hydrogen-bond acceptors (Lipinski definition) is 5. The maximum absolute atomic E-state index is 12.5. The van der Waals surface area contributed by atoms with Gasteiger partial charge in [-0.2, -0.15) is 9.57 Å². The molecule has 1 aromatic carbocycles. The van der Waals surface area contributed by atoms with Gasteiger partial charge in [0.15, 0.2) is 0 Å². The molecule has 2 rings (SSSR count). The van der Waals surface area contributed by atoms with Gasteiger partial charge in [-0.15, -0.1) is 11.3 Å². The maximum atomic E-state index is 12.5. The summed E-state index contributed by atoms with van der Waals surface area (Å²) in [6, 6.07) is 5.96. The Labute approximate surface area is 132 Å². The number of nitriles is 1. The third kappa shape index (κ3) is 3.41. The van der Waals surface area contributed by atoms with Crippen molar-refractivity contribution in [3.05, 3.63) is 44.9 Å². The first kappa shape index (κ1) is 15.9. The molecule has 0 fully saturated rings. The van der Waals surface area contributed by atoms with Crippen molar-refractivity contribution in [1.29, 1.82) is 5.26 Å².